The third kappa shape index (κ3) is 5.37. The summed E-state index contributed by atoms with van der Waals surface area (Å²) in [6.45, 7) is -0.367. The smallest absolute Gasteiger partial charge is 0.269 e. The number of carbonyl (C=O) groups excluding carboxylic acids is 3. The van der Waals surface area contributed by atoms with Gasteiger partial charge in [-0.25, -0.2) is 0 Å². The second-order valence-corrected chi connectivity index (χ2v) is 8.11. The number of nitrogens with one attached hydrogen (secondary N) is 2. The number of rotatable bonds is 6. The van der Waals surface area contributed by atoms with Gasteiger partial charge in [-0.3, -0.25) is 30.1 Å². The van der Waals surface area contributed by atoms with E-state index in [1.54, 1.807) is 24.3 Å². The highest BCUT2D eigenvalue weighted by molar-refractivity contribution is 8.26. The van der Waals surface area contributed by atoms with Crippen LogP contribution >= 0.6 is 24.0 Å². The molecule has 0 unspecified atom stereocenters. The average molecular weight is 474 g/mol. The zero-order chi connectivity index (χ0) is 23.3. The molecule has 0 radical (unpaired) electrons. The minimum atomic E-state index is -0.637. The number of thioether (sulfide) groups is 1. The van der Waals surface area contributed by atoms with E-state index < -0.39 is 17.7 Å². The Bertz CT molecular complexity index is 1120. The molecule has 1 aliphatic rings. The second-order valence-electron chi connectivity index (χ2n) is 6.43. The molecule has 1 saturated heterocycles. The number of phenolic OH excluding ortho intramolecular Hbond substituents is 1. The van der Waals surface area contributed by atoms with E-state index in [1.807, 2.05) is 0 Å². The van der Waals surface area contributed by atoms with Crippen LogP contribution in [-0.2, 0) is 9.59 Å². The first-order valence-electron chi connectivity index (χ1n) is 9.18. The number of hydrazine groups is 1. The Morgan fingerprint density at radius 2 is 1.88 bits per heavy atom. The Hall–Kier alpha value is -3.57. The van der Waals surface area contributed by atoms with Crippen molar-refractivity contribution in [2.24, 2.45) is 0 Å². The number of ether oxygens (including phenoxy) is 2. The van der Waals surface area contributed by atoms with E-state index in [4.69, 9.17) is 21.7 Å². The molecule has 32 heavy (non-hydrogen) atoms. The molecule has 3 N–H and O–H groups in total. The molecular formula is C21H19N3O6S2. The molecule has 9 nitrogen and oxygen atoms in total. The lowest BCUT2D eigenvalue weighted by atomic mass is 10.2. The van der Waals surface area contributed by atoms with E-state index in [9.17, 15) is 19.5 Å². The number of aromatic hydroxyl groups is 1. The summed E-state index contributed by atoms with van der Waals surface area (Å²) < 4.78 is 10.7. The summed E-state index contributed by atoms with van der Waals surface area (Å²) >= 11 is 6.30. The highest BCUT2D eigenvalue weighted by atomic mass is 32.2. The van der Waals surface area contributed by atoms with Crippen LogP contribution < -0.4 is 20.3 Å². The van der Waals surface area contributed by atoms with Crippen LogP contribution in [0.25, 0.3) is 6.08 Å². The fraction of sp³-hybridized carbons (Fsp3) is 0.143. The Morgan fingerprint density at radius 1 is 1.12 bits per heavy atom. The normalized spacial score (nSPS) is 14.4. The largest absolute Gasteiger partial charge is 0.508 e. The molecule has 2 aromatic rings. The molecule has 1 aliphatic heterocycles. The maximum absolute atomic E-state index is 12.7. The minimum absolute atomic E-state index is 0.0807. The molecule has 3 rings (SSSR count). The maximum atomic E-state index is 12.7. The highest BCUT2D eigenvalue weighted by Gasteiger charge is 2.33. The van der Waals surface area contributed by atoms with Crippen molar-refractivity contribution in [3.05, 3.63) is 58.5 Å². The van der Waals surface area contributed by atoms with E-state index in [0.29, 0.717) is 22.0 Å². The van der Waals surface area contributed by atoms with Crippen LogP contribution in [-0.4, -0.2) is 52.8 Å². The third-order valence-corrected chi connectivity index (χ3v) is 5.68. The van der Waals surface area contributed by atoms with Crippen molar-refractivity contribution in [2.45, 2.75) is 0 Å². The van der Waals surface area contributed by atoms with E-state index in [-0.39, 0.29) is 22.2 Å². The Morgan fingerprint density at radius 3 is 2.56 bits per heavy atom. The number of amides is 3. The van der Waals surface area contributed by atoms with E-state index in [0.717, 1.165) is 16.7 Å². The molecule has 166 valence electrons. The van der Waals surface area contributed by atoms with Gasteiger partial charge in [0.1, 0.15) is 16.6 Å². The van der Waals surface area contributed by atoms with Crippen molar-refractivity contribution < 1.29 is 29.0 Å². The van der Waals surface area contributed by atoms with Crippen LogP contribution in [0.15, 0.2) is 47.4 Å². The lowest BCUT2D eigenvalue weighted by Crippen LogP contribution is -2.47. The van der Waals surface area contributed by atoms with Gasteiger partial charge in [-0.05, 0) is 42.0 Å². The third-order valence-electron chi connectivity index (χ3n) is 4.30. The van der Waals surface area contributed by atoms with Crippen molar-refractivity contribution in [3.63, 3.8) is 0 Å². The number of methoxy groups -OCH3 is 2. The van der Waals surface area contributed by atoms with E-state index >= 15 is 0 Å². The standard InChI is InChI=1S/C21H19N3O6S2/c1-29-15-7-6-12(8-16(15)30-2)9-17-20(28)24(21(31)32-17)11-18(26)22-23-19(27)13-4-3-5-14(25)10-13/h3-10,25H,11H2,1-2H3,(H,22,26)(H,23,27)/b17-9-. The number of benzene rings is 2. The van der Waals surface area contributed by atoms with E-state index in [1.165, 1.54) is 38.5 Å². The molecule has 0 bridgehead atoms. The van der Waals surface area contributed by atoms with Gasteiger partial charge >= 0.3 is 0 Å². The zero-order valence-electron chi connectivity index (χ0n) is 17.1. The van der Waals surface area contributed by atoms with Crippen molar-refractivity contribution in [2.75, 3.05) is 20.8 Å². The summed E-state index contributed by atoms with van der Waals surface area (Å²) in [5.41, 5.74) is 5.31. The molecule has 1 heterocycles. The number of hydrogen-bond donors (Lipinski definition) is 3. The number of phenols is 1. The highest BCUT2D eigenvalue weighted by Crippen LogP contribution is 2.34. The Kier molecular flexibility index (Phi) is 7.33. The molecule has 0 aliphatic carbocycles. The molecular weight excluding hydrogens is 454 g/mol. The van der Waals surface area contributed by atoms with Crippen molar-refractivity contribution in [1.82, 2.24) is 15.8 Å². The van der Waals surface area contributed by atoms with Crippen LogP contribution in [0.4, 0.5) is 0 Å². The van der Waals surface area contributed by atoms with Crippen molar-refractivity contribution in [1.29, 1.82) is 0 Å². The van der Waals surface area contributed by atoms with E-state index in [2.05, 4.69) is 10.9 Å². The summed E-state index contributed by atoms with van der Waals surface area (Å²) in [4.78, 5) is 38.5. The Balaban J connectivity index is 1.62. The van der Waals surface area contributed by atoms with Gasteiger partial charge in [0.15, 0.2) is 11.5 Å². The molecule has 0 aromatic heterocycles. The number of carbonyl (C=O) groups is 3. The fourth-order valence-corrected chi connectivity index (χ4v) is 4.01. The SMILES string of the molecule is COc1ccc(/C=C2\SC(=S)N(CC(=O)NNC(=O)c3cccc(O)c3)C2=O)cc1OC. The molecule has 3 amide bonds. The summed E-state index contributed by atoms with van der Waals surface area (Å²) in [7, 11) is 3.04. The summed E-state index contributed by atoms with van der Waals surface area (Å²) in [6.07, 6.45) is 1.64. The van der Waals surface area contributed by atoms with Gasteiger partial charge in [-0.15, -0.1) is 0 Å². The minimum Gasteiger partial charge on any atom is -0.508 e. The number of thiocarbonyl (C=S) groups is 1. The van der Waals surface area contributed by atoms with Gasteiger partial charge in [0.2, 0.25) is 0 Å². The van der Waals surface area contributed by atoms with Gasteiger partial charge in [-0.1, -0.05) is 36.1 Å². The maximum Gasteiger partial charge on any atom is 0.269 e. The van der Waals surface area contributed by atoms with Gasteiger partial charge in [0.05, 0.1) is 19.1 Å². The van der Waals surface area contributed by atoms with Gasteiger partial charge < -0.3 is 14.6 Å². The van der Waals surface area contributed by atoms with Crippen molar-refractivity contribution >= 4 is 52.1 Å². The summed E-state index contributed by atoms with van der Waals surface area (Å²) in [6, 6.07) is 10.8. The Labute approximate surface area is 193 Å². The molecule has 0 spiro atoms. The van der Waals surface area contributed by atoms with Crippen LogP contribution in [0, 0.1) is 0 Å². The van der Waals surface area contributed by atoms with Crippen LogP contribution in [0.3, 0.4) is 0 Å². The van der Waals surface area contributed by atoms with Crippen molar-refractivity contribution in [3.8, 4) is 17.2 Å². The van der Waals surface area contributed by atoms with Gasteiger partial charge in [0, 0.05) is 5.56 Å². The molecule has 0 atom stereocenters. The molecule has 0 saturated carbocycles. The second kappa shape index (κ2) is 10.2. The summed E-state index contributed by atoms with van der Waals surface area (Å²) in [5.74, 6) is -0.692. The average Bonchev–Trinajstić information content (AvgIpc) is 3.04. The molecule has 1 fully saturated rings. The monoisotopic (exact) mass is 473 g/mol. The summed E-state index contributed by atoms with van der Waals surface area (Å²) in [5, 5.41) is 9.43. The first kappa shape index (κ1) is 23.1. The molecule has 2 aromatic carbocycles. The predicted octanol–water partition coefficient (Wildman–Crippen LogP) is 2.07. The molecule has 11 heteroatoms. The zero-order valence-corrected chi connectivity index (χ0v) is 18.7. The van der Waals surface area contributed by atoms with Gasteiger partial charge in [0.25, 0.3) is 17.7 Å². The van der Waals surface area contributed by atoms with Gasteiger partial charge in [-0.2, -0.15) is 0 Å². The first-order valence-corrected chi connectivity index (χ1v) is 10.4. The lowest BCUT2D eigenvalue weighted by Gasteiger charge is -2.14. The number of hydrogen-bond acceptors (Lipinski definition) is 8. The quantitative estimate of drug-likeness (QED) is 0.332. The lowest BCUT2D eigenvalue weighted by molar-refractivity contribution is -0.129. The topological polar surface area (TPSA) is 117 Å². The number of nitrogens with zero attached hydrogens (tertiary/aromatic N) is 1. The fourth-order valence-electron chi connectivity index (χ4n) is 2.76. The van der Waals surface area contributed by atoms with Crippen LogP contribution in [0.2, 0.25) is 0 Å². The predicted molar refractivity (Wildman–Crippen MR) is 123 cm³/mol. The first-order chi connectivity index (χ1) is 15.3. The van der Waals surface area contributed by atoms with Crippen LogP contribution in [0.1, 0.15) is 15.9 Å². The van der Waals surface area contributed by atoms with Crippen LogP contribution in [0.5, 0.6) is 17.2 Å².